The minimum atomic E-state index is -0.309. The Morgan fingerprint density at radius 1 is 1.42 bits per heavy atom. The Morgan fingerprint density at radius 2 is 2.16 bits per heavy atom. The van der Waals surface area contributed by atoms with Crippen molar-refractivity contribution in [1.29, 1.82) is 0 Å². The van der Waals surface area contributed by atoms with E-state index in [-0.39, 0.29) is 12.4 Å². The van der Waals surface area contributed by atoms with E-state index in [0.29, 0.717) is 16.5 Å². The van der Waals surface area contributed by atoms with Crippen LogP contribution in [0.4, 0.5) is 0 Å². The Hall–Kier alpha value is -1.81. The predicted molar refractivity (Wildman–Crippen MR) is 74.2 cm³/mol. The largest absolute Gasteiger partial charge is 0.469 e. The molecule has 19 heavy (non-hydrogen) atoms. The molecule has 0 aliphatic heterocycles. The topological polar surface area (TPSA) is 55.0 Å². The van der Waals surface area contributed by atoms with Gasteiger partial charge < -0.3 is 9.72 Å². The number of esters is 1. The third-order valence-electron chi connectivity index (χ3n) is 2.90. The molecule has 0 radical (unpaired) electrons. The molecule has 0 aliphatic rings. The highest BCUT2D eigenvalue weighted by molar-refractivity contribution is 6.33. The van der Waals surface area contributed by atoms with Gasteiger partial charge in [0.1, 0.15) is 5.82 Å². The standard InChI is InChI=1S/C14H15ClN2O2/c1-8-4-5-10(11(15)6-8)14-16-9(2)12(17-14)7-13(18)19-3/h4-6H,7H2,1-3H3,(H,16,17). The lowest BCUT2D eigenvalue weighted by atomic mass is 10.1. The van der Waals surface area contributed by atoms with Crippen molar-refractivity contribution in [2.75, 3.05) is 7.11 Å². The number of benzene rings is 1. The van der Waals surface area contributed by atoms with E-state index in [1.165, 1.54) is 7.11 Å². The zero-order valence-corrected chi connectivity index (χ0v) is 11.8. The van der Waals surface area contributed by atoms with Gasteiger partial charge in [-0.3, -0.25) is 4.79 Å². The number of methoxy groups -OCH3 is 1. The molecule has 4 nitrogen and oxygen atoms in total. The zero-order valence-electron chi connectivity index (χ0n) is 11.1. The minimum absolute atomic E-state index is 0.155. The third-order valence-corrected chi connectivity index (χ3v) is 3.22. The van der Waals surface area contributed by atoms with E-state index in [0.717, 1.165) is 16.8 Å². The van der Waals surface area contributed by atoms with Crippen LogP contribution in [0.2, 0.25) is 5.02 Å². The average Bonchev–Trinajstić information content (AvgIpc) is 2.70. The Morgan fingerprint density at radius 3 is 2.79 bits per heavy atom. The van der Waals surface area contributed by atoms with Crippen LogP contribution < -0.4 is 0 Å². The van der Waals surface area contributed by atoms with E-state index in [2.05, 4.69) is 14.7 Å². The van der Waals surface area contributed by atoms with Gasteiger partial charge >= 0.3 is 5.97 Å². The number of nitrogens with one attached hydrogen (secondary N) is 1. The zero-order chi connectivity index (χ0) is 14.0. The highest BCUT2D eigenvalue weighted by Gasteiger charge is 2.14. The summed E-state index contributed by atoms with van der Waals surface area (Å²) in [5.41, 5.74) is 3.44. The minimum Gasteiger partial charge on any atom is -0.469 e. The molecule has 1 N–H and O–H groups in total. The number of aromatic amines is 1. The fourth-order valence-electron chi connectivity index (χ4n) is 1.82. The summed E-state index contributed by atoms with van der Waals surface area (Å²) in [6, 6.07) is 5.77. The predicted octanol–water partition coefficient (Wildman–Crippen LogP) is 3.06. The number of aryl methyl sites for hydroxylation is 2. The highest BCUT2D eigenvalue weighted by atomic mass is 35.5. The molecule has 0 saturated heterocycles. The van der Waals surface area contributed by atoms with Crippen molar-refractivity contribution in [3.05, 3.63) is 40.2 Å². The second kappa shape index (κ2) is 5.45. The third kappa shape index (κ3) is 2.96. The number of hydrogen-bond acceptors (Lipinski definition) is 3. The summed E-state index contributed by atoms with van der Waals surface area (Å²) in [4.78, 5) is 18.9. The van der Waals surface area contributed by atoms with Crippen LogP contribution >= 0.6 is 11.6 Å². The summed E-state index contributed by atoms with van der Waals surface area (Å²) < 4.78 is 4.64. The SMILES string of the molecule is COC(=O)Cc1nc(-c2ccc(C)cc2Cl)[nH]c1C. The molecule has 0 bridgehead atoms. The van der Waals surface area contributed by atoms with Crippen LogP contribution in [0.25, 0.3) is 11.4 Å². The normalized spacial score (nSPS) is 10.5. The summed E-state index contributed by atoms with van der Waals surface area (Å²) in [6.45, 7) is 3.85. The first-order valence-electron chi connectivity index (χ1n) is 5.90. The van der Waals surface area contributed by atoms with Gasteiger partial charge in [0.25, 0.3) is 0 Å². The van der Waals surface area contributed by atoms with Crippen LogP contribution in [0.1, 0.15) is 17.0 Å². The molecule has 0 spiro atoms. The molecule has 0 atom stereocenters. The number of carbonyl (C=O) groups is 1. The molecular weight excluding hydrogens is 264 g/mol. The molecule has 1 aromatic carbocycles. The van der Waals surface area contributed by atoms with Crippen LogP contribution in [0, 0.1) is 13.8 Å². The maximum absolute atomic E-state index is 11.3. The number of nitrogens with zero attached hydrogens (tertiary/aromatic N) is 1. The van der Waals surface area contributed by atoms with Crippen molar-refractivity contribution in [3.8, 4) is 11.4 Å². The molecule has 2 aromatic rings. The number of ether oxygens (including phenoxy) is 1. The average molecular weight is 279 g/mol. The molecule has 0 amide bonds. The van der Waals surface area contributed by atoms with E-state index < -0.39 is 0 Å². The lowest BCUT2D eigenvalue weighted by Gasteiger charge is -2.01. The van der Waals surface area contributed by atoms with Gasteiger partial charge in [-0.1, -0.05) is 17.7 Å². The van der Waals surface area contributed by atoms with Gasteiger partial charge in [-0.25, -0.2) is 4.98 Å². The van der Waals surface area contributed by atoms with E-state index in [4.69, 9.17) is 11.6 Å². The van der Waals surface area contributed by atoms with Crippen molar-refractivity contribution in [2.45, 2.75) is 20.3 Å². The smallest absolute Gasteiger partial charge is 0.311 e. The van der Waals surface area contributed by atoms with Crippen LogP contribution in [-0.4, -0.2) is 23.0 Å². The van der Waals surface area contributed by atoms with E-state index in [1.807, 2.05) is 32.0 Å². The number of imidazole rings is 1. The Labute approximate surface area is 116 Å². The lowest BCUT2D eigenvalue weighted by molar-refractivity contribution is -0.139. The Balaban J connectivity index is 2.36. The van der Waals surface area contributed by atoms with Gasteiger partial charge in [-0.05, 0) is 31.5 Å². The van der Waals surface area contributed by atoms with E-state index >= 15 is 0 Å². The fourth-order valence-corrected chi connectivity index (χ4v) is 2.14. The van der Waals surface area contributed by atoms with Crippen molar-refractivity contribution in [1.82, 2.24) is 9.97 Å². The molecule has 100 valence electrons. The van der Waals surface area contributed by atoms with Crippen molar-refractivity contribution >= 4 is 17.6 Å². The molecule has 5 heteroatoms. The summed E-state index contributed by atoms with van der Waals surface area (Å²) in [7, 11) is 1.36. The fraction of sp³-hybridized carbons (Fsp3) is 0.286. The Bertz CT molecular complexity index is 620. The van der Waals surface area contributed by atoms with Crippen LogP contribution in [0.3, 0.4) is 0 Å². The first kappa shape index (κ1) is 13.6. The maximum atomic E-state index is 11.3. The molecule has 0 aliphatic carbocycles. The van der Waals surface area contributed by atoms with Crippen molar-refractivity contribution in [3.63, 3.8) is 0 Å². The van der Waals surface area contributed by atoms with Gasteiger partial charge in [0, 0.05) is 11.3 Å². The second-order valence-electron chi connectivity index (χ2n) is 4.39. The number of hydrogen-bond donors (Lipinski definition) is 1. The quantitative estimate of drug-likeness (QED) is 0.878. The van der Waals surface area contributed by atoms with Gasteiger partial charge in [-0.2, -0.15) is 0 Å². The van der Waals surface area contributed by atoms with Crippen LogP contribution in [0.5, 0.6) is 0 Å². The molecule has 0 fully saturated rings. The highest BCUT2D eigenvalue weighted by Crippen LogP contribution is 2.27. The van der Waals surface area contributed by atoms with Gasteiger partial charge in [0.15, 0.2) is 0 Å². The molecule has 1 aromatic heterocycles. The molecular formula is C14H15ClN2O2. The molecule has 0 saturated carbocycles. The number of halogens is 1. The molecule has 1 heterocycles. The van der Waals surface area contributed by atoms with Gasteiger partial charge in [-0.15, -0.1) is 0 Å². The van der Waals surface area contributed by atoms with Crippen LogP contribution in [-0.2, 0) is 16.0 Å². The number of aromatic nitrogens is 2. The van der Waals surface area contributed by atoms with Gasteiger partial charge in [0.2, 0.25) is 0 Å². The summed E-state index contributed by atoms with van der Waals surface area (Å²) in [5.74, 6) is 0.359. The molecule has 0 unspecified atom stereocenters. The lowest BCUT2D eigenvalue weighted by Crippen LogP contribution is -2.05. The van der Waals surface area contributed by atoms with Crippen molar-refractivity contribution < 1.29 is 9.53 Å². The van der Waals surface area contributed by atoms with Crippen LogP contribution in [0.15, 0.2) is 18.2 Å². The van der Waals surface area contributed by atoms with E-state index in [9.17, 15) is 4.79 Å². The first-order valence-corrected chi connectivity index (χ1v) is 6.28. The summed E-state index contributed by atoms with van der Waals surface area (Å²) >= 11 is 6.21. The Kier molecular flexibility index (Phi) is 3.90. The van der Waals surface area contributed by atoms with Crippen molar-refractivity contribution in [2.24, 2.45) is 0 Å². The monoisotopic (exact) mass is 278 g/mol. The van der Waals surface area contributed by atoms with Gasteiger partial charge in [0.05, 0.1) is 24.2 Å². The first-order chi connectivity index (χ1) is 9.01. The summed E-state index contributed by atoms with van der Waals surface area (Å²) in [5, 5.41) is 0.637. The van der Waals surface area contributed by atoms with E-state index in [1.54, 1.807) is 0 Å². The molecule has 2 rings (SSSR count). The second-order valence-corrected chi connectivity index (χ2v) is 4.80. The number of carbonyl (C=O) groups excluding carboxylic acids is 1. The summed E-state index contributed by atoms with van der Waals surface area (Å²) in [6.07, 6.45) is 0.155. The maximum Gasteiger partial charge on any atom is 0.311 e. The number of H-pyrrole nitrogens is 1. The number of rotatable bonds is 3.